The van der Waals surface area contributed by atoms with E-state index in [1.54, 1.807) is 17.0 Å². The van der Waals surface area contributed by atoms with Gasteiger partial charge in [-0.15, -0.1) is 0 Å². The Morgan fingerprint density at radius 2 is 1.63 bits per heavy atom. The summed E-state index contributed by atoms with van der Waals surface area (Å²) in [5.74, 6) is -0.279. The van der Waals surface area contributed by atoms with Gasteiger partial charge in [-0.1, -0.05) is 84.4 Å². The molecule has 2 amide bonds. The first kappa shape index (κ1) is 25.0. The Bertz CT molecular complexity index is 1080. The Balaban J connectivity index is 1.60. The average Bonchev–Trinajstić information content (AvgIpc) is 3.42. The lowest BCUT2D eigenvalue weighted by Gasteiger charge is -2.32. The van der Waals surface area contributed by atoms with Crippen molar-refractivity contribution in [3.05, 3.63) is 107 Å². The Labute approximate surface area is 212 Å². The third-order valence-electron chi connectivity index (χ3n) is 6.26. The fraction of sp³-hybridized carbons (Fsp3) is 0.310. The molecule has 1 aliphatic rings. The molecule has 0 aromatic heterocycles. The van der Waals surface area contributed by atoms with E-state index in [0.29, 0.717) is 31.0 Å². The Morgan fingerprint density at radius 1 is 0.943 bits per heavy atom. The molecule has 0 radical (unpaired) electrons. The van der Waals surface area contributed by atoms with E-state index in [1.165, 1.54) is 0 Å². The molecule has 0 spiro atoms. The molecule has 0 unspecified atom stereocenters. The quantitative estimate of drug-likeness (QED) is 0.417. The first-order valence-electron chi connectivity index (χ1n) is 12.1. The number of halogens is 1. The summed E-state index contributed by atoms with van der Waals surface area (Å²) in [4.78, 5) is 28.9. The van der Waals surface area contributed by atoms with E-state index in [2.05, 4.69) is 5.32 Å². The Hall–Kier alpha value is -3.15. The molecule has 1 aliphatic heterocycles. The van der Waals surface area contributed by atoms with Crippen LogP contribution in [0, 0.1) is 0 Å². The largest absolute Gasteiger partial charge is 0.376 e. The third-order valence-corrected chi connectivity index (χ3v) is 6.51. The van der Waals surface area contributed by atoms with Crippen molar-refractivity contribution in [2.75, 3.05) is 13.2 Å². The number of rotatable bonds is 10. The molecule has 0 saturated carbocycles. The van der Waals surface area contributed by atoms with Crippen LogP contribution in [0.2, 0.25) is 5.02 Å². The van der Waals surface area contributed by atoms with Crippen molar-refractivity contribution in [3.63, 3.8) is 0 Å². The second-order valence-electron chi connectivity index (χ2n) is 8.83. The van der Waals surface area contributed by atoms with Crippen LogP contribution in [0.1, 0.15) is 42.0 Å². The lowest BCUT2D eigenvalue weighted by molar-refractivity contribution is -0.141. The molecule has 6 heteroatoms. The molecular weight excluding hydrogens is 460 g/mol. The molecule has 3 aromatic carbocycles. The highest BCUT2D eigenvalue weighted by atomic mass is 35.5. The summed E-state index contributed by atoms with van der Waals surface area (Å²) in [6.07, 6.45) is 2.87. The molecule has 182 valence electrons. The van der Waals surface area contributed by atoms with Crippen LogP contribution < -0.4 is 5.32 Å². The van der Waals surface area contributed by atoms with Crippen molar-refractivity contribution in [2.45, 2.75) is 44.4 Å². The first-order chi connectivity index (χ1) is 17.1. The van der Waals surface area contributed by atoms with E-state index < -0.39 is 6.04 Å². The minimum absolute atomic E-state index is 0.0221. The van der Waals surface area contributed by atoms with Crippen LogP contribution >= 0.6 is 11.6 Å². The summed E-state index contributed by atoms with van der Waals surface area (Å²) in [5.41, 5.74) is 2.78. The second kappa shape index (κ2) is 12.5. The SMILES string of the molecule is O=C(NC[C@H]1CCCO1)[C@@H](c1ccccc1)N(Cc1ccc(Cl)cc1)C(=O)CCc1ccccc1. The standard InChI is InChI=1S/C29H31ClN2O3/c30-25-16-13-23(14-17-25)21-32(27(33)18-15-22-8-3-1-4-9-22)28(24-10-5-2-6-11-24)29(34)31-20-26-12-7-19-35-26/h1-6,8-11,13-14,16-17,26,28H,7,12,15,18-21H2,(H,31,34)/t26-,28-/m1/s1. The monoisotopic (exact) mass is 490 g/mol. The zero-order valence-corrected chi connectivity index (χ0v) is 20.5. The number of ether oxygens (including phenoxy) is 1. The summed E-state index contributed by atoms with van der Waals surface area (Å²) < 4.78 is 5.68. The van der Waals surface area contributed by atoms with Gasteiger partial charge in [0.05, 0.1) is 6.10 Å². The van der Waals surface area contributed by atoms with Crippen LogP contribution in [-0.2, 0) is 27.3 Å². The Kier molecular flexibility index (Phi) is 8.93. The van der Waals surface area contributed by atoms with E-state index >= 15 is 0 Å². The van der Waals surface area contributed by atoms with Crippen molar-refractivity contribution in [3.8, 4) is 0 Å². The molecule has 2 atom stereocenters. The summed E-state index contributed by atoms with van der Waals surface area (Å²) in [5, 5.41) is 3.68. The highest BCUT2D eigenvalue weighted by Gasteiger charge is 2.32. The molecular formula is C29H31ClN2O3. The zero-order chi connectivity index (χ0) is 24.5. The smallest absolute Gasteiger partial charge is 0.247 e. The lowest BCUT2D eigenvalue weighted by Crippen LogP contribution is -2.45. The molecule has 1 saturated heterocycles. The molecule has 5 nitrogen and oxygen atoms in total. The molecule has 4 rings (SSSR count). The van der Waals surface area contributed by atoms with Gasteiger partial charge in [0, 0.05) is 31.1 Å². The van der Waals surface area contributed by atoms with Crippen LogP contribution in [-0.4, -0.2) is 36.0 Å². The maximum absolute atomic E-state index is 13.7. The predicted octanol–water partition coefficient (Wildman–Crippen LogP) is 5.34. The van der Waals surface area contributed by atoms with Gasteiger partial charge in [0.1, 0.15) is 6.04 Å². The minimum Gasteiger partial charge on any atom is -0.376 e. The molecule has 3 aromatic rings. The summed E-state index contributed by atoms with van der Waals surface area (Å²) in [6, 6.07) is 26.1. The van der Waals surface area contributed by atoms with Crippen LogP contribution in [0.3, 0.4) is 0 Å². The van der Waals surface area contributed by atoms with Crippen molar-refractivity contribution in [2.24, 2.45) is 0 Å². The van der Waals surface area contributed by atoms with Gasteiger partial charge in [0.2, 0.25) is 11.8 Å². The third kappa shape index (κ3) is 7.17. The van der Waals surface area contributed by atoms with Gasteiger partial charge in [0.25, 0.3) is 0 Å². The van der Waals surface area contributed by atoms with Gasteiger partial charge >= 0.3 is 0 Å². The number of nitrogens with one attached hydrogen (secondary N) is 1. The number of carbonyl (C=O) groups is 2. The minimum atomic E-state index is -0.753. The van der Waals surface area contributed by atoms with Gasteiger partial charge in [-0.25, -0.2) is 0 Å². The van der Waals surface area contributed by atoms with E-state index in [-0.39, 0.29) is 17.9 Å². The topological polar surface area (TPSA) is 58.6 Å². The zero-order valence-electron chi connectivity index (χ0n) is 19.7. The van der Waals surface area contributed by atoms with E-state index in [1.807, 2.05) is 72.8 Å². The first-order valence-corrected chi connectivity index (χ1v) is 12.5. The lowest BCUT2D eigenvalue weighted by atomic mass is 10.0. The maximum atomic E-state index is 13.7. The van der Waals surface area contributed by atoms with Crippen LogP contribution in [0.4, 0.5) is 0 Å². The van der Waals surface area contributed by atoms with Gasteiger partial charge in [-0.3, -0.25) is 9.59 Å². The Morgan fingerprint density at radius 3 is 2.29 bits per heavy atom. The van der Waals surface area contributed by atoms with Crippen molar-refractivity contribution >= 4 is 23.4 Å². The van der Waals surface area contributed by atoms with E-state index in [9.17, 15) is 9.59 Å². The molecule has 0 bridgehead atoms. The van der Waals surface area contributed by atoms with Gasteiger partial charge in [0.15, 0.2) is 0 Å². The predicted molar refractivity (Wildman–Crippen MR) is 138 cm³/mol. The van der Waals surface area contributed by atoms with Crippen LogP contribution in [0.25, 0.3) is 0 Å². The number of amides is 2. The summed E-state index contributed by atoms with van der Waals surface area (Å²) in [6.45, 7) is 1.47. The van der Waals surface area contributed by atoms with E-state index in [4.69, 9.17) is 16.3 Å². The highest BCUT2D eigenvalue weighted by Crippen LogP contribution is 2.26. The average molecular weight is 491 g/mol. The molecule has 1 N–H and O–H groups in total. The van der Waals surface area contributed by atoms with Crippen LogP contribution in [0.15, 0.2) is 84.9 Å². The fourth-order valence-corrected chi connectivity index (χ4v) is 4.50. The normalized spacial score (nSPS) is 16.0. The van der Waals surface area contributed by atoms with Crippen molar-refractivity contribution in [1.29, 1.82) is 0 Å². The van der Waals surface area contributed by atoms with Crippen LogP contribution in [0.5, 0.6) is 0 Å². The van der Waals surface area contributed by atoms with E-state index in [0.717, 1.165) is 36.1 Å². The molecule has 35 heavy (non-hydrogen) atoms. The number of hydrogen-bond donors (Lipinski definition) is 1. The molecule has 1 heterocycles. The van der Waals surface area contributed by atoms with Gasteiger partial charge < -0.3 is 15.0 Å². The van der Waals surface area contributed by atoms with Crippen molar-refractivity contribution < 1.29 is 14.3 Å². The number of aryl methyl sites for hydroxylation is 1. The number of carbonyl (C=O) groups excluding carboxylic acids is 2. The van der Waals surface area contributed by atoms with Gasteiger partial charge in [-0.2, -0.15) is 0 Å². The van der Waals surface area contributed by atoms with Crippen molar-refractivity contribution in [1.82, 2.24) is 10.2 Å². The summed E-state index contributed by atoms with van der Waals surface area (Å²) >= 11 is 6.08. The maximum Gasteiger partial charge on any atom is 0.247 e. The highest BCUT2D eigenvalue weighted by molar-refractivity contribution is 6.30. The summed E-state index contributed by atoms with van der Waals surface area (Å²) in [7, 11) is 0. The second-order valence-corrected chi connectivity index (χ2v) is 9.26. The number of hydrogen-bond acceptors (Lipinski definition) is 3. The molecule has 0 aliphatic carbocycles. The molecule has 1 fully saturated rings. The van der Waals surface area contributed by atoms with Gasteiger partial charge in [-0.05, 0) is 48.1 Å². The number of benzene rings is 3. The number of nitrogens with zero attached hydrogens (tertiary/aromatic N) is 1. The fourth-order valence-electron chi connectivity index (χ4n) is 4.37.